The van der Waals surface area contributed by atoms with Crippen LogP contribution in [0.3, 0.4) is 0 Å². The average molecular weight is 289 g/mol. The molecule has 1 amide bonds. The van der Waals surface area contributed by atoms with Gasteiger partial charge in [0, 0.05) is 32.9 Å². The van der Waals surface area contributed by atoms with Crippen LogP contribution in [0.25, 0.3) is 0 Å². The Labute approximate surface area is 109 Å². The highest BCUT2D eigenvalue weighted by atomic mass is 32.2. The SMILES string of the molecule is CNC(=O)CS(=O)(=O)Cc1cc(=O)n(C)c(=O)n1C. The van der Waals surface area contributed by atoms with Gasteiger partial charge in [0.25, 0.3) is 5.56 Å². The molecule has 0 saturated carbocycles. The van der Waals surface area contributed by atoms with Crippen LogP contribution in [-0.2, 0) is 34.5 Å². The summed E-state index contributed by atoms with van der Waals surface area (Å²) in [4.78, 5) is 34.1. The van der Waals surface area contributed by atoms with Crippen molar-refractivity contribution >= 4 is 15.7 Å². The maximum atomic E-state index is 11.7. The molecule has 0 bridgehead atoms. The third-order valence-corrected chi connectivity index (χ3v) is 4.06. The summed E-state index contributed by atoms with van der Waals surface area (Å²) < 4.78 is 25.4. The molecule has 8 nitrogen and oxygen atoms in total. The number of sulfone groups is 1. The fourth-order valence-corrected chi connectivity index (χ4v) is 2.84. The number of nitrogens with zero attached hydrogens (tertiary/aromatic N) is 2. The molecule has 0 saturated heterocycles. The Morgan fingerprint density at radius 1 is 1.26 bits per heavy atom. The Morgan fingerprint density at radius 2 is 1.84 bits per heavy atom. The second-order valence-electron chi connectivity index (χ2n) is 4.08. The lowest BCUT2D eigenvalue weighted by molar-refractivity contribution is -0.118. The van der Waals surface area contributed by atoms with Gasteiger partial charge in [-0.2, -0.15) is 0 Å². The molecule has 1 aromatic rings. The third kappa shape index (κ3) is 3.53. The molecule has 0 aromatic carbocycles. The molecule has 0 aliphatic carbocycles. The molecule has 0 aliphatic heterocycles. The summed E-state index contributed by atoms with van der Waals surface area (Å²) in [5, 5.41) is 2.20. The fraction of sp³-hybridized carbons (Fsp3) is 0.500. The van der Waals surface area contributed by atoms with Gasteiger partial charge in [0.15, 0.2) is 9.84 Å². The molecule has 1 N–H and O–H groups in total. The van der Waals surface area contributed by atoms with Crippen molar-refractivity contribution in [2.75, 3.05) is 12.8 Å². The summed E-state index contributed by atoms with van der Waals surface area (Å²) in [5.41, 5.74) is -1.15. The first kappa shape index (κ1) is 15.2. The predicted octanol–water partition coefficient (Wildman–Crippen LogP) is -2.26. The van der Waals surface area contributed by atoms with Crippen LogP contribution in [0.2, 0.25) is 0 Å². The van der Waals surface area contributed by atoms with Gasteiger partial charge >= 0.3 is 5.69 Å². The van der Waals surface area contributed by atoms with Crippen molar-refractivity contribution in [3.63, 3.8) is 0 Å². The van der Waals surface area contributed by atoms with Gasteiger partial charge in [-0.3, -0.25) is 18.7 Å². The first-order valence-corrected chi connectivity index (χ1v) is 7.17. The average Bonchev–Trinajstić information content (AvgIpc) is 2.32. The van der Waals surface area contributed by atoms with Crippen molar-refractivity contribution in [3.8, 4) is 0 Å². The molecule has 0 aliphatic rings. The minimum absolute atomic E-state index is 0.0528. The maximum absolute atomic E-state index is 11.7. The Morgan fingerprint density at radius 3 is 2.37 bits per heavy atom. The lowest BCUT2D eigenvalue weighted by atomic mass is 10.4. The number of hydrogen-bond acceptors (Lipinski definition) is 5. The molecule has 0 atom stereocenters. The van der Waals surface area contributed by atoms with Crippen LogP contribution in [0.15, 0.2) is 15.7 Å². The topological polar surface area (TPSA) is 107 Å². The van der Waals surface area contributed by atoms with Crippen LogP contribution >= 0.6 is 0 Å². The van der Waals surface area contributed by atoms with Gasteiger partial charge in [0.2, 0.25) is 5.91 Å². The summed E-state index contributed by atoms with van der Waals surface area (Å²) in [6.45, 7) is 0. The molecule has 9 heteroatoms. The van der Waals surface area contributed by atoms with E-state index in [1.54, 1.807) is 0 Å². The molecule has 1 rings (SSSR count). The van der Waals surface area contributed by atoms with Gasteiger partial charge in [-0.1, -0.05) is 0 Å². The minimum Gasteiger partial charge on any atom is -0.358 e. The Bertz CT molecular complexity index is 714. The van der Waals surface area contributed by atoms with Crippen LogP contribution in [0.4, 0.5) is 0 Å². The van der Waals surface area contributed by atoms with Crippen molar-refractivity contribution in [2.45, 2.75) is 5.75 Å². The van der Waals surface area contributed by atoms with Gasteiger partial charge in [-0.25, -0.2) is 13.2 Å². The van der Waals surface area contributed by atoms with E-state index in [1.807, 2.05) is 0 Å². The highest BCUT2D eigenvalue weighted by Gasteiger charge is 2.19. The van der Waals surface area contributed by atoms with E-state index >= 15 is 0 Å². The zero-order valence-electron chi connectivity index (χ0n) is 10.8. The Kier molecular flexibility index (Phi) is 4.30. The van der Waals surface area contributed by atoms with Crippen molar-refractivity contribution < 1.29 is 13.2 Å². The number of carbonyl (C=O) groups is 1. The summed E-state index contributed by atoms with van der Waals surface area (Å²) >= 11 is 0. The van der Waals surface area contributed by atoms with Crippen LogP contribution in [0, 0.1) is 0 Å². The van der Waals surface area contributed by atoms with E-state index in [-0.39, 0.29) is 5.69 Å². The van der Waals surface area contributed by atoms with E-state index in [4.69, 9.17) is 0 Å². The first-order chi connectivity index (χ1) is 8.68. The lowest BCUT2D eigenvalue weighted by Gasteiger charge is -2.09. The zero-order chi connectivity index (χ0) is 14.8. The van der Waals surface area contributed by atoms with E-state index in [0.29, 0.717) is 0 Å². The number of amides is 1. The molecule has 0 fully saturated rings. The highest BCUT2D eigenvalue weighted by molar-refractivity contribution is 7.91. The number of nitrogens with one attached hydrogen (secondary N) is 1. The van der Waals surface area contributed by atoms with Gasteiger partial charge in [-0.15, -0.1) is 0 Å². The van der Waals surface area contributed by atoms with Crippen LogP contribution in [-0.4, -0.2) is 36.3 Å². The summed E-state index contributed by atoms with van der Waals surface area (Å²) in [5.74, 6) is -1.87. The molecule has 19 heavy (non-hydrogen) atoms. The van der Waals surface area contributed by atoms with Gasteiger partial charge in [0.05, 0.1) is 5.75 Å². The van der Waals surface area contributed by atoms with E-state index in [1.165, 1.54) is 21.1 Å². The smallest absolute Gasteiger partial charge is 0.330 e. The fourth-order valence-electron chi connectivity index (χ4n) is 1.47. The second-order valence-corrected chi connectivity index (χ2v) is 6.14. The molecule has 0 unspecified atom stereocenters. The molecule has 0 radical (unpaired) electrons. The van der Waals surface area contributed by atoms with Crippen molar-refractivity contribution in [3.05, 3.63) is 32.6 Å². The summed E-state index contributed by atoms with van der Waals surface area (Å²) in [7, 11) is 0.257. The van der Waals surface area contributed by atoms with Crippen LogP contribution in [0.1, 0.15) is 5.69 Å². The molecular weight excluding hydrogens is 274 g/mol. The Hall–Kier alpha value is -1.90. The maximum Gasteiger partial charge on any atom is 0.330 e. The monoisotopic (exact) mass is 289 g/mol. The largest absolute Gasteiger partial charge is 0.358 e. The van der Waals surface area contributed by atoms with Crippen molar-refractivity contribution in [2.24, 2.45) is 14.1 Å². The van der Waals surface area contributed by atoms with E-state index in [0.717, 1.165) is 15.2 Å². The second kappa shape index (κ2) is 5.39. The molecule has 106 valence electrons. The van der Waals surface area contributed by atoms with Crippen LogP contribution < -0.4 is 16.6 Å². The van der Waals surface area contributed by atoms with Crippen LogP contribution in [0.5, 0.6) is 0 Å². The minimum atomic E-state index is -3.73. The standard InChI is InChI=1S/C10H15N3O5S/c1-11-8(14)6-19(17,18)5-7-4-9(15)13(3)10(16)12(7)2/h4H,5-6H2,1-3H3,(H,11,14). The number of carbonyl (C=O) groups excluding carboxylic acids is 1. The first-order valence-electron chi connectivity index (χ1n) is 5.35. The van der Waals surface area contributed by atoms with Crippen molar-refractivity contribution in [1.29, 1.82) is 0 Å². The molecular formula is C10H15N3O5S. The van der Waals surface area contributed by atoms with Gasteiger partial charge in [-0.05, 0) is 0 Å². The van der Waals surface area contributed by atoms with E-state index in [9.17, 15) is 22.8 Å². The van der Waals surface area contributed by atoms with E-state index < -0.39 is 38.5 Å². The quantitative estimate of drug-likeness (QED) is 0.673. The molecule has 0 spiro atoms. The molecule has 1 aromatic heterocycles. The normalized spacial score (nSPS) is 11.3. The summed E-state index contributed by atoms with van der Waals surface area (Å²) in [6.07, 6.45) is 0. The number of hydrogen-bond donors (Lipinski definition) is 1. The zero-order valence-corrected chi connectivity index (χ0v) is 11.7. The summed E-state index contributed by atoms with van der Waals surface area (Å²) in [6, 6.07) is 1.07. The third-order valence-electron chi connectivity index (χ3n) is 2.62. The lowest BCUT2D eigenvalue weighted by Crippen LogP contribution is -2.39. The van der Waals surface area contributed by atoms with Gasteiger partial charge < -0.3 is 5.32 Å². The highest BCUT2D eigenvalue weighted by Crippen LogP contribution is 2.02. The number of aromatic nitrogens is 2. The van der Waals surface area contributed by atoms with Gasteiger partial charge in [0.1, 0.15) is 5.75 Å². The van der Waals surface area contributed by atoms with Crippen molar-refractivity contribution in [1.82, 2.24) is 14.5 Å². The van der Waals surface area contributed by atoms with E-state index in [2.05, 4.69) is 5.32 Å². The predicted molar refractivity (Wildman–Crippen MR) is 68.5 cm³/mol. The Balaban J connectivity index is 3.18. The number of rotatable bonds is 4. The molecule has 1 heterocycles.